The van der Waals surface area contributed by atoms with Crippen molar-refractivity contribution in [2.75, 3.05) is 0 Å². The van der Waals surface area contributed by atoms with E-state index in [2.05, 4.69) is 9.72 Å². The Bertz CT molecular complexity index is 435. The van der Waals surface area contributed by atoms with Gasteiger partial charge in [-0.1, -0.05) is 0 Å². The lowest BCUT2D eigenvalue weighted by Crippen LogP contribution is -2.18. The van der Waals surface area contributed by atoms with Gasteiger partial charge >= 0.3 is 6.36 Å². The van der Waals surface area contributed by atoms with E-state index in [1.807, 2.05) is 0 Å². The molecule has 1 aromatic rings. The minimum Gasteiger partial charge on any atom is -0.403 e. The first-order valence-electron chi connectivity index (χ1n) is 3.94. The van der Waals surface area contributed by atoms with E-state index in [1.165, 1.54) is 22.6 Å². The first kappa shape index (κ1) is 14.1. The predicted molar refractivity (Wildman–Crippen MR) is 54.0 cm³/mol. The van der Waals surface area contributed by atoms with Gasteiger partial charge in [-0.2, -0.15) is 0 Å². The van der Waals surface area contributed by atoms with Crippen LogP contribution in [0, 0.1) is 3.70 Å². The zero-order valence-electron chi connectivity index (χ0n) is 7.76. The molecule has 0 aliphatic rings. The van der Waals surface area contributed by atoms with Crippen LogP contribution in [0.4, 0.5) is 22.0 Å². The summed E-state index contributed by atoms with van der Waals surface area (Å²) in [5.41, 5.74) is -1.52. The molecule has 0 N–H and O–H groups in total. The Balaban J connectivity index is 3.23. The van der Waals surface area contributed by atoms with Crippen LogP contribution in [0.2, 0.25) is 0 Å². The van der Waals surface area contributed by atoms with Crippen LogP contribution in [-0.4, -0.2) is 17.6 Å². The first-order valence-corrected chi connectivity index (χ1v) is 5.02. The number of aldehydes is 1. The summed E-state index contributed by atoms with van der Waals surface area (Å²) in [7, 11) is 0. The second kappa shape index (κ2) is 5.10. The number of rotatable bonds is 3. The van der Waals surface area contributed by atoms with Gasteiger partial charge in [0.1, 0.15) is 9.39 Å². The molecule has 0 radical (unpaired) electrons. The number of ether oxygens (including phenoxy) is 1. The first-order chi connectivity index (χ1) is 7.74. The Morgan fingerprint density at radius 2 is 2.00 bits per heavy atom. The predicted octanol–water partition coefficient (Wildman–Crippen LogP) is 3.33. The summed E-state index contributed by atoms with van der Waals surface area (Å²) in [6, 6.07) is 0.580. The summed E-state index contributed by atoms with van der Waals surface area (Å²) in [5, 5.41) is 0. The SMILES string of the molecule is O=Cc1cc(OC(F)(F)F)c(I)nc1C(F)F. The fourth-order valence-electron chi connectivity index (χ4n) is 0.966. The van der Waals surface area contributed by atoms with Gasteiger partial charge in [0.05, 0.1) is 0 Å². The Morgan fingerprint density at radius 1 is 1.41 bits per heavy atom. The second-order valence-corrected chi connectivity index (χ2v) is 3.74. The maximum atomic E-state index is 12.4. The molecule has 9 heteroatoms. The van der Waals surface area contributed by atoms with Crippen LogP contribution < -0.4 is 4.74 Å². The number of hydrogen-bond acceptors (Lipinski definition) is 3. The standard InChI is InChI=1S/C8H3F5INO2/c9-6(10)5-3(2-16)1-4(7(14)15-5)17-8(11,12)13/h1-2,6H. The Morgan fingerprint density at radius 3 is 2.41 bits per heavy atom. The van der Waals surface area contributed by atoms with Crippen LogP contribution in [0.3, 0.4) is 0 Å². The van der Waals surface area contributed by atoms with Crippen LogP contribution >= 0.6 is 22.6 Å². The summed E-state index contributed by atoms with van der Waals surface area (Å²) in [6.07, 6.45) is -8.04. The van der Waals surface area contributed by atoms with E-state index in [-0.39, 0.29) is 6.29 Å². The fourth-order valence-corrected chi connectivity index (χ4v) is 1.49. The van der Waals surface area contributed by atoms with Crippen molar-refractivity contribution in [1.82, 2.24) is 4.98 Å². The Kier molecular flexibility index (Phi) is 4.22. The number of hydrogen-bond donors (Lipinski definition) is 0. The molecule has 1 aromatic heterocycles. The van der Waals surface area contributed by atoms with E-state index in [4.69, 9.17) is 0 Å². The third-order valence-electron chi connectivity index (χ3n) is 1.56. The van der Waals surface area contributed by atoms with E-state index in [0.717, 1.165) is 0 Å². The molecular formula is C8H3F5INO2. The molecule has 0 bridgehead atoms. The molecular weight excluding hydrogens is 364 g/mol. The molecule has 17 heavy (non-hydrogen) atoms. The zero-order valence-corrected chi connectivity index (χ0v) is 9.92. The van der Waals surface area contributed by atoms with Crippen molar-refractivity contribution in [2.24, 2.45) is 0 Å². The van der Waals surface area contributed by atoms with Crippen LogP contribution in [0.5, 0.6) is 5.75 Å². The summed E-state index contributed by atoms with van der Waals surface area (Å²) in [4.78, 5) is 13.7. The summed E-state index contributed by atoms with van der Waals surface area (Å²) in [5.74, 6) is -0.787. The topological polar surface area (TPSA) is 39.2 Å². The van der Waals surface area contributed by atoms with Gasteiger partial charge in [0.25, 0.3) is 6.43 Å². The summed E-state index contributed by atoms with van der Waals surface area (Å²) >= 11 is 1.31. The van der Waals surface area contributed by atoms with Crippen molar-refractivity contribution < 1.29 is 31.5 Å². The van der Waals surface area contributed by atoms with Gasteiger partial charge < -0.3 is 4.74 Å². The molecule has 0 aliphatic carbocycles. The lowest BCUT2D eigenvalue weighted by atomic mass is 10.2. The summed E-state index contributed by atoms with van der Waals surface area (Å²) in [6.45, 7) is 0. The van der Waals surface area contributed by atoms with Crippen molar-refractivity contribution in [3.63, 3.8) is 0 Å². The molecule has 0 fully saturated rings. The lowest BCUT2D eigenvalue weighted by molar-refractivity contribution is -0.275. The van der Waals surface area contributed by atoms with E-state index in [1.54, 1.807) is 0 Å². The molecule has 0 atom stereocenters. The van der Waals surface area contributed by atoms with Crippen LogP contribution in [0.1, 0.15) is 22.5 Å². The van der Waals surface area contributed by atoms with Crippen LogP contribution in [0.15, 0.2) is 6.07 Å². The second-order valence-electron chi connectivity index (χ2n) is 2.72. The molecule has 0 saturated carbocycles. The average Bonchev–Trinajstić information content (AvgIpc) is 2.18. The third-order valence-corrected chi connectivity index (χ3v) is 2.34. The molecule has 0 unspecified atom stereocenters. The van der Waals surface area contributed by atoms with E-state index < -0.39 is 33.5 Å². The summed E-state index contributed by atoms with van der Waals surface area (Å²) < 4.78 is 63.7. The minimum absolute atomic E-state index is 0.00614. The highest BCUT2D eigenvalue weighted by Gasteiger charge is 2.33. The van der Waals surface area contributed by atoms with Gasteiger partial charge in [0.15, 0.2) is 12.0 Å². The molecule has 0 spiro atoms. The fraction of sp³-hybridized carbons (Fsp3) is 0.250. The average molecular weight is 367 g/mol. The van der Waals surface area contributed by atoms with Crippen LogP contribution in [-0.2, 0) is 0 Å². The van der Waals surface area contributed by atoms with Gasteiger partial charge in [-0.15, -0.1) is 13.2 Å². The monoisotopic (exact) mass is 367 g/mol. The number of nitrogens with zero attached hydrogens (tertiary/aromatic N) is 1. The zero-order chi connectivity index (χ0) is 13.2. The van der Waals surface area contributed by atoms with Gasteiger partial charge in [-0.05, 0) is 28.7 Å². The van der Waals surface area contributed by atoms with Gasteiger partial charge in [0, 0.05) is 5.56 Å². The molecule has 1 heterocycles. The maximum Gasteiger partial charge on any atom is 0.573 e. The smallest absolute Gasteiger partial charge is 0.403 e. The highest BCUT2D eigenvalue weighted by molar-refractivity contribution is 14.1. The van der Waals surface area contributed by atoms with Crippen molar-refractivity contribution in [3.05, 3.63) is 21.0 Å². The number of aromatic nitrogens is 1. The van der Waals surface area contributed by atoms with Gasteiger partial charge in [0.2, 0.25) is 0 Å². The number of pyridine rings is 1. The van der Waals surface area contributed by atoms with Crippen molar-refractivity contribution in [2.45, 2.75) is 12.8 Å². The highest BCUT2D eigenvalue weighted by atomic mass is 127. The van der Waals surface area contributed by atoms with E-state index >= 15 is 0 Å². The molecule has 0 aliphatic heterocycles. The number of carbonyl (C=O) groups excluding carboxylic acids is 1. The molecule has 0 aromatic carbocycles. The van der Waals surface area contributed by atoms with Crippen molar-refractivity contribution >= 4 is 28.9 Å². The third kappa shape index (κ3) is 3.75. The normalized spacial score (nSPS) is 11.7. The molecule has 1 rings (SSSR count). The largest absolute Gasteiger partial charge is 0.573 e. The highest BCUT2D eigenvalue weighted by Crippen LogP contribution is 2.30. The lowest BCUT2D eigenvalue weighted by Gasteiger charge is -2.12. The Hall–Kier alpha value is -1.00. The molecule has 94 valence electrons. The molecule has 0 saturated heterocycles. The number of carbonyl (C=O) groups is 1. The quantitative estimate of drug-likeness (QED) is 0.356. The Labute approximate surface area is 105 Å². The van der Waals surface area contributed by atoms with E-state index in [0.29, 0.717) is 6.07 Å². The number of halogens is 6. The van der Waals surface area contributed by atoms with E-state index in [9.17, 15) is 26.7 Å². The number of alkyl halides is 5. The minimum atomic E-state index is -4.98. The van der Waals surface area contributed by atoms with Crippen LogP contribution in [0.25, 0.3) is 0 Å². The molecule has 0 amide bonds. The van der Waals surface area contributed by atoms with Gasteiger partial charge in [-0.25, -0.2) is 13.8 Å². The molecule has 3 nitrogen and oxygen atoms in total. The van der Waals surface area contributed by atoms with Crippen molar-refractivity contribution in [1.29, 1.82) is 0 Å². The van der Waals surface area contributed by atoms with Crippen molar-refractivity contribution in [3.8, 4) is 5.75 Å². The maximum absolute atomic E-state index is 12.4. The van der Waals surface area contributed by atoms with Gasteiger partial charge in [-0.3, -0.25) is 4.79 Å².